The lowest BCUT2D eigenvalue weighted by atomic mass is 10.0. The van der Waals surface area contributed by atoms with Gasteiger partial charge < -0.3 is 18.6 Å². The molecule has 13 aromatic rings. The fourth-order valence-electron chi connectivity index (χ4n) is 10.1. The average molecular weight is 789 g/mol. The van der Waals surface area contributed by atoms with Crippen LogP contribution >= 0.6 is 0 Å². The molecule has 0 fully saturated rings. The van der Waals surface area contributed by atoms with Gasteiger partial charge in [0, 0.05) is 77.2 Å². The summed E-state index contributed by atoms with van der Waals surface area (Å²) in [6.07, 6.45) is 0. The Labute approximate surface area is 355 Å². The molecule has 9 aromatic carbocycles. The highest BCUT2D eigenvalue weighted by Crippen LogP contribution is 2.47. The summed E-state index contributed by atoms with van der Waals surface area (Å²) in [6.45, 7) is 0. The van der Waals surface area contributed by atoms with E-state index in [1.54, 1.807) is 0 Å². The number of para-hydroxylation sites is 4. The van der Waals surface area contributed by atoms with Crippen LogP contribution in [0.5, 0.6) is 0 Å². The molecule has 0 N–H and O–H groups in total. The third-order valence-corrected chi connectivity index (χ3v) is 12.8. The van der Waals surface area contributed by atoms with Crippen molar-refractivity contribution >= 4 is 110 Å². The van der Waals surface area contributed by atoms with E-state index in [2.05, 4.69) is 164 Å². The molecule has 0 unspecified atom stereocenters. The largest absolute Gasteiger partial charge is 0.310 e. The summed E-state index contributed by atoms with van der Waals surface area (Å²) < 4.78 is 4.93. The summed E-state index contributed by atoms with van der Waals surface area (Å²) in [7, 11) is 0. The lowest BCUT2D eigenvalue weighted by molar-refractivity contribution is 1.28. The quantitative estimate of drug-likeness (QED) is 0.168. The van der Waals surface area contributed by atoms with E-state index >= 15 is 0 Å². The van der Waals surface area contributed by atoms with Gasteiger partial charge in [-0.15, -0.1) is 0 Å². The van der Waals surface area contributed by atoms with Gasteiger partial charge in [-0.1, -0.05) is 72.8 Å². The molecule has 6 nitrogen and oxygen atoms in total. The van der Waals surface area contributed by atoms with Crippen LogP contribution in [0, 0.1) is 22.7 Å². The highest BCUT2D eigenvalue weighted by atomic mass is 15.1. The van der Waals surface area contributed by atoms with Gasteiger partial charge in [0.25, 0.3) is 0 Å². The zero-order valence-corrected chi connectivity index (χ0v) is 33.2. The maximum absolute atomic E-state index is 9.51. The highest BCUT2D eigenvalue weighted by Gasteiger charge is 2.24. The van der Waals surface area contributed by atoms with Gasteiger partial charge in [-0.3, -0.25) is 0 Å². The summed E-state index contributed by atoms with van der Waals surface area (Å²) in [6, 6.07) is 72.8. The molecule has 0 atom stereocenters. The predicted molar refractivity (Wildman–Crippen MR) is 255 cm³/mol. The van der Waals surface area contributed by atoms with Gasteiger partial charge in [0.05, 0.1) is 56.4 Å². The molecule has 4 heterocycles. The third kappa shape index (κ3) is 4.72. The van der Waals surface area contributed by atoms with Gasteiger partial charge in [-0.05, 0) is 121 Å². The molecular formula is C56H32N6. The number of nitriles is 2. The number of anilines is 6. The summed E-state index contributed by atoms with van der Waals surface area (Å²) in [5, 5.41) is 28.8. The fourth-order valence-corrected chi connectivity index (χ4v) is 10.1. The van der Waals surface area contributed by atoms with E-state index in [9.17, 15) is 10.5 Å². The van der Waals surface area contributed by atoms with Crippen molar-refractivity contribution in [3.05, 3.63) is 205 Å². The second kappa shape index (κ2) is 12.8. The molecule has 286 valence electrons. The number of hydrogen-bond donors (Lipinski definition) is 0. The number of rotatable bonds is 6. The van der Waals surface area contributed by atoms with Gasteiger partial charge in [0.2, 0.25) is 0 Å². The SMILES string of the molecule is N#Cc1ccc(N(c2ccccc2)c2ccc3c(c2)c2cccc4c5cc6c(cc5n3c24)c2cccc3c4cc(N(c5ccccc5)c5ccc(C#N)cc5)ccc4n6c32)cc1. The molecule has 0 aliphatic rings. The van der Waals surface area contributed by atoms with E-state index in [1.165, 1.54) is 76.2 Å². The number of aromatic nitrogens is 2. The molecule has 0 bridgehead atoms. The molecule has 6 heteroatoms. The molecule has 0 radical (unpaired) electrons. The Morgan fingerprint density at radius 2 is 0.629 bits per heavy atom. The van der Waals surface area contributed by atoms with Crippen molar-refractivity contribution in [1.82, 2.24) is 8.80 Å². The number of benzene rings is 9. The minimum Gasteiger partial charge on any atom is -0.310 e. The lowest BCUT2D eigenvalue weighted by Gasteiger charge is -2.25. The number of hydrogen-bond acceptors (Lipinski definition) is 4. The van der Waals surface area contributed by atoms with Crippen molar-refractivity contribution in [3.63, 3.8) is 0 Å². The second-order valence-corrected chi connectivity index (χ2v) is 16.0. The van der Waals surface area contributed by atoms with Crippen molar-refractivity contribution in [3.8, 4) is 12.1 Å². The summed E-state index contributed by atoms with van der Waals surface area (Å²) in [4.78, 5) is 4.52. The smallest absolute Gasteiger partial charge is 0.0991 e. The van der Waals surface area contributed by atoms with Gasteiger partial charge in [-0.25, -0.2) is 0 Å². The van der Waals surface area contributed by atoms with Crippen LogP contribution in [-0.4, -0.2) is 8.80 Å². The molecule has 0 spiro atoms. The Balaban J connectivity index is 1.01. The highest BCUT2D eigenvalue weighted by molar-refractivity contribution is 6.29. The first-order valence-electron chi connectivity index (χ1n) is 20.7. The maximum atomic E-state index is 9.51. The first kappa shape index (κ1) is 34.1. The monoisotopic (exact) mass is 788 g/mol. The Hall–Kier alpha value is -8.84. The van der Waals surface area contributed by atoms with Crippen LogP contribution in [0.1, 0.15) is 11.1 Å². The van der Waals surface area contributed by atoms with Crippen LogP contribution in [0.2, 0.25) is 0 Å². The predicted octanol–water partition coefficient (Wildman–Crippen LogP) is 14.7. The van der Waals surface area contributed by atoms with E-state index in [-0.39, 0.29) is 0 Å². The minimum absolute atomic E-state index is 0.637. The number of nitrogens with zero attached hydrogens (tertiary/aromatic N) is 6. The van der Waals surface area contributed by atoms with Crippen LogP contribution in [0.3, 0.4) is 0 Å². The van der Waals surface area contributed by atoms with Gasteiger partial charge >= 0.3 is 0 Å². The van der Waals surface area contributed by atoms with Crippen LogP contribution in [0.25, 0.3) is 76.2 Å². The Morgan fingerprint density at radius 1 is 0.290 bits per heavy atom. The first-order valence-corrected chi connectivity index (χ1v) is 20.7. The molecule has 4 aromatic heterocycles. The Morgan fingerprint density at radius 3 is 1.00 bits per heavy atom. The molecule has 0 saturated heterocycles. The second-order valence-electron chi connectivity index (χ2n) is 16.0. The minimum atomic E-state index is 0.637. The molecule has 62 heavy (non-hydrogen) atoms. The summed E-state index contributed by atoms with van der Waals surface area (Å²) in [5.41, 5.74) is 14.7. The van der Waals surface area contributed by atoms with E-state index in [0.29, 0.717) is 11.1 Å². The topological polar surface area (TPSA) is 62.9 Å². The van der Waals surface area contributed by atoms with Crippen molar-refractivity contribution in [2.75, 3.05) is 9.80 Å². The van der Waals surface area contributed by atoms with Crippen LogP contribution in [0.15, 0.2) is 194 Å². The lowest BCUT2D eigenvalue weighted by Crippen LogP contribution is -2.09. The van der Waals surface area contributed by atoms with E-state index in [1.807, 2.05) is 60.7 Å². The van der Waals surface area contributed by atoms with Gasteiger partial charge in [0.15, 0.2) is 0 Å². The Bertz CT molecular complexity index is 3720. The average Bonchev–Trinajstić information content (AvgIpc) is 4.06. The zero-order valence-electron chi connectivity index (χ0n) is 33.2. The molecule has 0 amide bonds. The maximum Gasteiger partial charge on any atom is 0.0991 e. The standard InChI is InChI=1S/C56H32N6/c57-33-35-17-21-39(22-18-35)59(37-9-3-1-4-10-37)41-25-27-51-47(29-41)43-13-7-15-45-49-32-54-50(31-53(49)61(51)55(43)45)46-16-8-14-44-48-30-42(26-28-52(48)62(54)56(44)46)60(38-11-5-2-6-12-38)40-23-19-36(34-58)20-24-40/h1-32H. The molecule has 0 saturated carbocycles. The summed E-state index contributed by atoms with van der Waals surface area (Å²) in [5.74, 6) is 0. The van der Waals surface area contributed by atoms with Gasteiger partial charge in [0.1, 0.15) is 0 Å². The normalized spacial score (nSPS) is 11.8. The molecule has 13 rings (SSSR count). The van der Waals surface area contributed by atoms with Crippen LogP contribution < -0.4 is 9.80 Å². The van der Waals surface area contributed by atoms with Crippen LogP contribution in [-0.2, 0) is 0 Å². The van der Waals surface area contributed by atoms with Crippen molar-refractivity contribution in [1.29, 1.82) is 10.5 Å². The van der Waals surface area contributed by atoms with Crippen LogP contribution in [0.4, 0.5) is 34.1 Å². The van der Waals surface area contributed by atoms with Gasteiger partial charge in [-0.2, -0.15) is 10.5 Å². The van der Waals surface area contributed by atoms with Crippen molar-refractivity contribution in [2.45, 2.75) is 0 Å². The zero-order chi connectivity index (χ0) is 41.1. The first-order chi connectivity index (χ1) is 30.7. The molecule has 0 aliphatic heterocycles. The Kier molecular flexibility index (Phi) is 7.05. The molecular weight excluding hydrogens is 757 g/mol. The van der Waals surface area contributed by atoms with E-state index in [4.69, 9.17) is 0 Å². The van der Waals surface area contributed by atoms with Crippen molar-refractivity contribution in [2.24, 2.45) is 0 Å². The fraction of sp³-hybridized carbons (Fsp3) is 0. The summed E-state index contributed by atoms with van der Waals surface area (Å²) >= 11 is 0. The van der Waals surface area contributed by atoms with E-state index < -0.39 is 0 Å². The number of fused-ring (bicyclic) bond motifs is 12. The van der Waals surface area contributed by atoms with Crippen molar-refractivity contribution < 1.29 is 0 Å². The molecule has 0 aliphatic carbocycles. The third-order valence-electron chi connectivity index (χ3n) is 12.8. The van der Waals surface area contributed by atoms with E-state index in [0.717, 1.165) is 34.1 Å².